The number of rotatable bonds is 0. The first-order chi connectivity index (χ1) is 36.9. The fourth-order valence-electron chi connectivity index (χ4n) is 12.0. The summed E-state index contributed by atoms with van der Waals surface area (Å²) in [6.07, 6.45) is 64.2. The van der Waals surface area contributed by atoms with Gasteiger partial charge in [-0.2, -0.15) is 0 Å². The van der Waals surface area contributed by atoms with Gasteiger partial charge in [-0.25, -0.2) is 0 Å². The van der Waals surface area contributed by atoms with Gasteiger partial charge in [0.1, 0.15) is 11.6 Å². The number of cyclic esters (lactones) is 2. The van der Waals surface area contributed by atoms with Gasteiger partial charge in [-0.1, -0.05) is 180 Å². The Morgan fingerprint density at radius 1 is 0.200 bits per heavy atom. The average molecular weight is 1060 g/mol. The van der Waals surface area contributed by atoms with Crippen LogP contribution in [-0.4, -0.2) is 85.6 Å². The van der Waals surface area contributed by atoms with Crippen molar-refractivity contribution in [3.05, 3.63) is 0 Å². The quantitative estimate of drug-likeness (QED) is 0.170. The molecule has 2 aliphatic carbocycles. The predicted octanol–water partition coefficient (Wildman–Crippen LogP) is 17.2. The van der Waals surface area contributed by atoms with Gasteiger partial charge >= 0.3 is 11.9 Å². The minimum Gasteiger partial charge on any atom is -0.466 e. The molecule has 6 saturated heterocycles. The first-order valence-corrected chi connectivity index (χ1v) is 32.9. The number of ether oxygens (including phenoxy) is 6. The largest absolute Gasteiger partial charge is 0.466 e. The lowest BCUT2D eigenvalue weighted by atomic mass is 10.0. The molecule has 8 fully saturated rings. The number of hydrogen-bond acceptors (Lipinski definition) is 10. The number of fused-ring (bicyclic) bond motifs is 4. The molecule has 0 N–H and O–H groups in total. The van der Waals surface area contributed by atoms with E-state index < -0.39 is 0 Å². The Morgan fingerprint density at radius 3 is 0.667 bits per heavy atom. The normalized spacial score (nSPS) is 32.2. The number of ketones is 2. The lowest BCUT2D eigenvalue weighted by Crippen LogP contribution is -2.05. The van der Waals surface area contributed by atoms with E-state index in [1.165, 1.54) is 212 Å². The fraction of sp³-hybridized carbons (Fsp3) is 0.938. The predicted molar refractivity (Wildman–Crippen MR) is 302 cm³/mol. The van der Waals surface area contributed by atoms with Crippen molar-refractivity contribution in [1.82, 2.24) is 0 Å². The number of esters is 2. The first-order valence-electron chi connectivity index (χ1n) is 32.9. The van der Waals surface area contributed by atoms with Crippen LogP contribution in [0.15, 0.2) is 0 Å². The monoisotopic (exact) mass is 1050 g/mol. The smallest absolute Gasteiger partial charge is 0.305 e. The van der Waals surface area contributed by atoms with Crippen LogP contribution in [0.5, 0.6) is 0 Å². The van der Waals surface area contributed by atoms with E-state index in [9.17, 15) is 19.2 Å². The van der Waals surface area contributed by atoms with Crippen LogP contribution >= 0.6 is 0 Å². The Bertz CT molecular complexity index is 1370. The van der Waals surface area contributed by atoms with Crippen LogP contribution in [0, 0.1) is 0 Å². The van der Waals surface area contributed by atoms with Crippen molar-refractivity contribution < 1.29 is 47.6 Å². The van der Waals surface area contributed by atoms with Crippen LogP contribution in [0.4, 0.5) is 0 Å². The molecule has 8 rings (SSSR count). The first kappa shape index (κ1) is 63.9. The molecule has 0 aromatic rings. The summed E-state index contributed by atoms with van der Waals surface area (Å²) >= 11 is 0. The molecule has 0 spiro atoms. The maximum Gasteiger partial charge on any atom is 0.305 e. The molecule has 434 valence electrons. The molecule has 0 bridgehead atoms. The van der Waals surface area contributed by atoms with Crippen molar-refractivity contribution in [2.45, 2.75) is 376 Å². The van der Waals surface area contributed by atoms with E-state index in [-0.39, 0.29) is 11.9 Å². The van der Waals surface area contributed by atoms with Crippen molar-refractivity contribution in [3.8, 4) is 0 Å². The Kier molecular flexibility index (Phi) is 35.9. The van der Waals surface area contributed by atoms with Crippen LogP contribution in [-0.2, 0) is 47.6 Å². The molecule has 6 aliphatic heterocycles. The number of Topliss-reactive ketones (excluding diaryl/α,β-unsaturated/α-hetero) is 2. The molecule has 8 unspecified atom stereocenters. The molecular weight excluding hydrogens is 941 g/mol. The molecule has 0 aromatic heterocycles. The lowest BCUT2D eigenvalue weighted by Gasteiger charge is -2.04. The minimum absolute atomic E-state index is 0.000962. The standard InChI is InChI=1S/C17H30O2.2C16H28O3.C16H28O2/c18-15-11-7-3-1-5-9-13-16-17(19-16)14-10-6-2-4-8-12-15;17-16-12-8-3-1-2-6-10-14-15(19-14)11-7-4-5-9-13-18-16;17-16-12-8-4-2-1-3-6-10-14-15(19-14)11-7-5-9-13-18-16;17-14-10-7-5-3-1-2-4-6-8-12-15-16(18-15)13-9-11-14/h16-17H,1-14H2;2*14-15H,1-13H2;15-16H,1-13H2. The second-order valence-electron chi connectivity index (χ2n) is 24.3. The van der Waals surface area contributed by atoms with E-state index in [1.54, 1.807) is 0 Å². The van der Waals surface area contributed by atoms with Crippen molar-refractivity contribution >= 4 is 23.5 Å². The molecule has 75 heavy (non-hydrogen) atoms. The van der Waals surface area contributed by atoms with Gasteiger partial charge in [0.15, 0.2) is 0 Å². The lowest BCUT2D eigenvalue weighted by molar-refractivity contribution is -0.144. The van der Waals surface area contributed by atoms with Gasteiger partial charge in [0.05, 0.1) is 62.0 Å². The maximum atomic E-state index is 11.7. The van der Waals surface area contributed by atoms with Crippen LogP contribution < -0.4 is 0 Å². The summed E-state index contributed by atoms with van der Waals surface area (Å²) in [7, 11) is 0. The van der Waals surface area contributed by atoms with Crippen LogP contribution in [0.2, 0.25) is 0 Å². The third kappa shape index (κ3) is 34.7. The number of hydrogen-bond donors (Lipinski definition) is 0. The van der Waals surface area contributed by atoms with E-state index in [0.29, 0.717) is 86.5 Å². The molecular formula is C65H114O10. The zero-order chi connectivity index (χ0) is 52.6. The van der Waals surface area contributed by atoms with E-state index in [4.69, 9.17) is 28.4 Å². The van der Waals surface area contributed by atoms with E-state index in [2.05, 4.69) is 0 Å². The second-order valence-corrected chi connectivity index (χ2v) is 24.3. The summed E-state index contributed by atoms with van der Waals surface area (Å²) in [4.78, 5) is 46.2. The Balaban J connectivity index is 0.000000185. The highest BCUT2D eigenvalue weighted by Gasteiger charge is 2.39. The van der Waals surface area contributed by atoms with Gasteiger partial charge < -0.3 is 28.4 Å². The third-order valence-corrected chi connectivity index (χ3v) is 17.3. The Hall–Kier alpha value is -1.88. The number of carbonyl (C=O) groups excluding carboxylic acids is 4. The molecule has 0 radical (unpaired) electrons. The highest BCUT2D eigenvalue weighted by molar-refractivity contribution is 5.78. The topological polar surface area (TPSA) is 137 Å². The summed E-state index contributed by atoms with van der Waals surface area (Å²) in [5.74, 6) is 0.965. The molecule has 0 amide bonds. The van der Waals surface area contributed by atoms with E-state index in [0.717, 1.165) is 103 Å². The average Bonchev–Trinajstić information content (AvgIpc) is 4.22. The fourth-order valence-corrected chi connectivity index (χ4v) is 12.0. The van der Waals surface area contributed by atoms with Gasteiger partial charge in [0.2, 0.25) is 0 Å². The maximum absolute atomic E-state index is 11.7. The number of epoxide rings is 4. The van der Waals surface area contributed by atoms with E-state index >= 15 is 0 Å². The molecule has 8 atom stereocenters. The highest BCUT2D eigenvalue weighted by atomic mass is 16.6. The summed E-state index contributed by atoms with van der Waals surface area (Å²) in [5.41, 5.74) is 0. The summed E-state index contributed by atoms with van der Waals surface area (Å²) in [6.45, 7) is 1.22. The summed E-state index contributed by atoms with van der Waals surface area (Å²) in [6, 6.07) is 0. The van der Waals surface area contributed by atoms with Crippen LogP contribution in [0.25, 0.3) is 0 Å². The zero-order valence-electron chi connectivity index (χ0n) is 48.2. The SMILES string of the molecule is O=C1CCCCCCCC2OC2CCCCCCC1.O=C1CCCCCCCC2OC2CCCCCCO1.O=C1CCCCCCCCC2OC2CCCCCO1.O=C1CCCCCCCCCCC2OC2CCC1. The van der Waals surface area contributed by atoms with E-state index in [1.807, 2.05) is 0 Å². The van der Waals surface area contributed by atoms with Crippen molar-refractivity contribution in [2.75, 3.05) is 13.2 Å². The number of carbonyl (C=O) groups is 4. The van der Waals surface area contributed by atoms with Crippen LogP contribution in [0.3, 0.4) is 0 Å². The minimum atomic E-state index is -0.00472. The molecule has 10 nitrogen and oxygen atoms in total. The van der Waals surface area contributed by atoms with Gasteiger partial charge in [0, 0.05) is 38.5 Å². The third-order valence-electron chi connectivity index (χ3n) is 17.3. The molecule has 8 aliphatic rings. The molecule has 0 aromatic carbocycles. The van der Waals surface area contributed by atoms with Gasteiger partial charge in [-0.3, -0.25) is 19.2 Å². The van der Waals surface area contributed by atoms with Crippen molar-refractivity contribution in [2.24, 2.45) is 0 Å². The summed E-state index contributed by atoms with van der Waals surface area (Å²) < 4.78 is 33.3. The Morgan fingerprint density at radius 2 is 0.387 bits per heavy atom. The van der Waals surface area contributed by atoms with Crippen molar-refractivity contribution in [3.63, 3.8) is 0 Å². The molecule has 6 heterocycles. The summed E-state index contributed by atoms with van der Waals surface area (Å²) in [5, 5.41) is 0. The zero-order valence-corrected chi connectivity index (χ0v) is 48.2. The van der Waals surface area contributed by atoms with Gasteiger partial charge in [0.25, 0.3) is 0 Å². The molecule has 10 heteroatoms. The van der Waals surface area contributed by atoms with Gasteiger partial charge in [-0.15, -0.1) is 0 Å². The second kappa shape index (κ2) is 42.1. The highest BCUT2D eigenvalue weighted by Crippen LogP contribution is 2.35. The molecule has 2 saturated carbocycles. The Labute approximate surface area is 458 Å². The van der Waals surface area contributed by atoms with Crippen molar-refractivity contribution in [1.29, 1.82) is 0 Å². The van der Waals surface area contributed by atoms with Gasteiger partial charge in [-0.05, 0) is 109 Å². The van der Waals surface area contributed by atoms with Crippen LogP contribution in [0.1, 0.15) is 327 Å².